The first kappa shape index (κ1) is 12.4. The van der Waals surface area contributed by atoms with E-state index in [0.717, 1.165) is 5.56 Å². The molecule has 0 saturated heterocycles. The first-order valence-corrected chi connectivity index (χ1v) is 5.95. The van der Waals surface area contributed by atoms with Gasteiger partial charge in [0, 0.05) is 0 Å². The predicted molar refractivity (Wildman–Crippen MR) is 72.0 cm³/mol. The normalized spacial score (nSPS) is 10.1. The lowest BCUT2D eigenvalue weighted by Crippen LogP contribution is -2.01. The molecule has 0 atom stereocenters. The fraction of sp³-hybridized carbons (Fsp3) is 0.188. The van der Waals surface area contributed by atoms with E-state index < -0.39 is 0 Å². The molecule has 92 valence electrons. The van der Waals surface area contributed by atoms with Gasteiger partial charge in [-0.3, -0.25) is 4.79 Å². The summed E-state index contributed by atoms with van der Waals surface area (Å²) in [4.78, 5) is 11.5. The third-order valence-electron chi connectivity index (χ3n) is 2.74. The van der Waals surface area contributed by atoms with Crippen LogP contribution < -0.4 is 4.74 Å². The van der Waals surface area contributed by atoms with Crippen LogP contribution in [-0.2, 0) is 6.61 Å². The minimum Gasteiger partial charge on any atom is -0.488 e. The number of Topliss-reactive ketones (excluding diaryl/α,β-unsaturated/α-hetero) is 1. The maximum Gasteiger partial charge on any atom is 0.163 e. The predicted octanol–water partition coefficient (Wildman–Crippen LogP) is 3.78. The summed E-state index contributed by atoms with van der Waals surface area (Å²) in [6.07, 6.45) is 0. The monoisotopic (exact) mass is 240 g/mol. The van der Waals surface area contributed by atoms with Crippen LogP contribution in [0.15, 0.2) is 48.5 Å². The molecule has 0 saturated carbocycles. The minimum absolute atomic E-state index is 0.0230. The van der Waals surface area contributed by atoms with Gasteiger partial charge < -0.3 is 4.74 Å². The highest BCUT2D eigenvalue weighted by molar-refractivity contribution is 5.96. The van der Waals surface area contributed by atoms with Gasteiger partial charge in [0.2, 0.25) is 0 Å². The zero-order valence-corrected chi connectivity index (χ0v) is 10.6. The van der Waals surface area contributed by atoms with Crippen molar-refractivity contribution in [3.05, 3.63) is 65.2 Å². The number of benzene rings is 2. The van der Waals surface area contributed by atoms with Crippen LogP contribution in [0.1, 0.15) is 28.4 Å². The van der Waals surface area contributed by atoms with E-state index in [1.54, 1.807) is 13.0 Å². The van der Waals surface area contributed by atoms with E-state index in [0.29, 0.717) is 17.9 Å². The van der Waals surface area contributed by atoms with Crippen LogP contribution in [0, 0.1) is 6.92 Å². The molecule has 2 rings (SSSR count). The second kappa shape index (κ2) is 5.50. The van der Waals surface area contributed by atoms with Gasteiger partial charge in [-0.2, -0.15) is 0 Å². The molecule has 0 aliphatic carbocycles. The molecule has 0 bridgehead atoms. The van der Waals surface area contributed by atoms with E-state index >= 15 is 0 Å². The largest absolute Gasteiger partial charge is 0.488 e. The van der Waals surface area contributed by atoms with Crippen LogP contribution in [-0.4, -0.2) is 5.78 Å². The van der Waals surface area contributed by atoms with Crippen molar-refractivity contribution in [1.29, 1.82) is 0 Å². The number of carbonyl (C=O) groups excluding carboxylic acids is 1. The Morgan fingerprint density at radius 3 is 2.61 bits per heavy atom. The topological polar surface area (TPSA) is 26.3 Å². The van der Waals surface area contributed by atoms with Gasteiger partial charge in [-0.05, 0) is 31.5 Å². The Hall–Kier alpha value is -2.09. The number of ether oxygens (including phenoxy) is 1. The fourth-order valence-corrected chi connectivity index (χ4v) is 1.85. The lowest BCUT2D eigenvalue weighted by atomic mass is 10.1. The zero-order chi connectivity index (χ0) is 13.0. The van der Waals surface area contributed by atoms with Gasteiger partial charge in [0.05, 0.1) is 5.56 Å². The number of hydrogen-bond acceptors (Lipinski definition) is 2. The van der Waals surface area contributed by atoms with Crippen LogP contribution >= 0.6 is 0 Å². The molecule has 2 aromatic carbocycles. The summed E-state index contributed by atoms with van der Waals surface area (Å²) in [6, 6.07) is 15.5. The standard InChI is InChI=1S/C16H16O2/c1-12-6-5-7-14(10-12)11-18-16-9-4-3-8-15(16)13(2)17/h3-10H,11H2,1-2H3. The van der Waals surface area contributed by atoms with Crippen LogP contribution in [0.3, 0.4) is 0 Å². The van der Waals surface area contributed by atoms with Gasteiger partial charge >= 0.3 is 0 Å². The summed E-state index contributed by atoms with van der Waals surface area (Å²) in [5.41, 5.74) is 2.94. The van der Waals surface area contributed by atoms with Crippen molar-refractivity contribution in [1.82, 2.24) is 0 Å². The van der Waals surface area contributed by atoms with Crippen molar-refractivity contribution in [3.63, 3.8) is 0 Å². The zero-order valence-electron chi connectivity index (χ0n) is 10.6. The molecule has 0 heterocycles. The Kier molecular flexibility index (Phi) is 3.78. The van der Waals surface area contributed by atoms with E-state index in [-0.39, 0.29) is 5.78 Å². The van der Waals surface area contributed by atoms with Crippen LogP contribution in [0.5, 0.6) is 5.75 Å². The van der Waals surface area contributed by atoms with Gasteiger partial charge in [-0.15, -0.1) is 0 Å². The summed E-state index contributed by atoms with van der Waals surface area (Å²) in [5.74, 6) is 0.668. The molecule has 0 aliphatic heterocycles. The van der Waals surface area contributed by atoms with Crippen molar-refractivity contribution < 1.29 is 9.53 Å². The number of ketones is 1. The van der Waals surface area contributed by atoms with Crippen molar-refractivity contribution in [3.8, 4) is 5.75 Å². The van der Waals surface area contributed by atoms with Crippen molar-refractivity contribution in [2.45, 2.75) is 20.5 Å². The van der Waals surface area contributed by atoms with Gasteiger partial charge in [0.15, 0.2) is 5.78 Å². The van der Waals surface area contributed by atoms with Gasteiger partial charge in [-0.25, -0.2) is 0 Å². The van der Waals surface area contributed by atoms with E-state index in [2.05, 4.69) is 6.07 Å². The maximum absolute atomic E-state index is 11.5. The highest BCUT2D eigenvalue weighted by Crippen LogP contribution is 2.19. The first-order chi connectivity index (χ1) is 8.66. The van der Waals surface area contributed by atoms with Crippen LogP contribution in [0.4, 0.5) is 0 Å². The van der Waals surface area contributed by atoms with Gasteiger partial charge in [0.1, 0.15) is 12.4 Å². The molecule has 0 N–H and O–H groups in total. The molecular weight excluding hydrogens is 224 g/mol. The molecule has 0 fully saturated rings. The molecule has 0 aromatic heterocycles. The van der Waals surface area contributed by atoms with Gasteiger partial charge in [-0.1, -0.05) is 42.0 Å². The number of hydrogen-bond donors (Lipinski definition) is 0. The summed E-state index contributed by atoms with van der Waals surface area (Å²) in [7, 11) is 0. The van der Waals surface area contributed by atoms with E-state index in [4.69, 9.17) is 4.74 Å². The third-order valence-corrected chi connectivity index (χ3v) is 2.74. The molecule has 0 aliphatic rings. The summed E-state index contributed by atoms with van der Waals surface area (Å²) in [5, 5.41) is 0. The highest BCUT2D eigenvalue weighted by Gasteiger charge is 2.07. The number of para-hydroxylation sites is 1. The van der Waals surface area contributed by atoms with E-state index in [1.165, 1.54) is 5.56 Å². The molecule has 18 heavy (non-hydrogen) atoms. The molecule has 0 radical (unpaired) electrons. The van der Waals surface area contributed by atoms with Crippen molar-refractivity contribution in [2.24, 2.45) is 0 Å². The first-order valence-electron chi connectivity index (χ1n) is 5.95. The molecule has 2 nitrogen and oxygen atoms in total. The number of rotatable bonds is 4. The van der Waals surface area contributed by atoms with Gasteiger partial charge in [0.25, 0.3) is 0 Å². The third kappa shape index (κ3) is 2.98. The molecule has 0 amide bonds. The number of carbonyl (C=O) groups is 1. The van der Waals surface area contributed by atoms with E-state index in [1.807, 2.05) is 43.3 Å². The van der Waals surface area contributed by atoms with Crippen LogP contribution in [0.25, 0.3) is 0 Å². The summed E-state index contributed by atoms with van der Waals surface area (Å²) >= 11 is 0. The second-order valence-electron chi connectivity index (χ2n) is 4.33. The Morgan fingerprint density at radius 2 is 1.89 bits per heavy atom. The quantitative estimate of drug-likeness (QED) is 0.760. The Bertz CT molecular complexity index is 559. The molecule has 2 heteroatoms. The average Bonchev–Trinajstić information content (AvgIpc) is 2.37. The lowest BCUT2D eigenvalue weighted by Gasteiger charge is -2.09. The summed E-state index contributed by atoms with van der Waals surface area (Å²) < 4.78 is 5.72. The Morgan fingerprint density at radius 1 is 1.11 bits per heavy atom. The fourth-order valence-electron chi connectivity index (χ4n) is 1.85. The highest BCUT2D eigenvalue weighted by atomic mass is 16.5. The average molecular weight is 240 g/mol. The Labute approximate surface area is 107 Å². The molecular formula is C16H16O2. The summed E-state index contributed by atoms with van der Waals surface area (Å²) in [6.45, 7) is 4.08. The number of aryl methyl sites for hydroxylation is 1. The second-order valence-corrected chi connectivity index (χ2v) is 4.33. The molecule has 0 spiro atoms. The van der Waals surface area contributed by atoms with Crippen LogP contribution in [0.2, 0.25) is 0 Å². The van der Waals surface area contributed by atoms with Crippen molar-refractivity contribution in [2.75, 3.05) is 0 Å². The molecule has 2 aromatic rings. The van der Waals surface area contributed by atoms with E-state index in [9.17, 15) is 4.79 Å². The SMILES string of the molecule is CC(=O)c1ccccc1OCc1cccc(C)c1. The molecule has 0 unspecified atom stereocenters. The Balaban J connectivity index is 2.13. The smallest absolute Gasteiger partial charge is 0.163 e. The van der Waals surface area contributed by atoms with Crippen molar-refractivity contribution >= 4 is 5.78 Å². The lowest BCUT2D eigenvalue weighted by molar-refractivity contribution is 0.101. The minimum atomic E-state index is 0.0230. The maximum atomic E-state index is 11.5.